The van der Waals surface area contributed by atoms with Crippen LogP contribution in [0.1, 0.15) is 37.8 Å². The molecule has 0 radical (unpaired) electrons. The van der Waals surface area contributed by atoms with Crippen molar-refractivity contribution >= 4 is 15.9 Å². The fourth-order valence-corrected chi connectivity index (χ4v) is 2.66. The molecule has 2 heteroatoms. The van der Waals surface area contributed by atoms with Gasteiger partial charge >= 0.3 is 0 Å². The van der Waals surface area contributed by atoms with E-state index >= 15 is 0 Å². The van der Waals surface area contributed by atoms with Crippen molar-refractivity contribution in [2.75, 3.05) is 0 Å². The molecule has 0 aromatic heterocycles. The molecule has 0 bridgehead atoms. The summed E-state index contributed by atoms with van der Waals surface area (Å²) in [4.78, 5) is 0. The highest BCUT2D eigenvalue weighted by Crippen LogP contribution is 2.42. The Morgan fingerprint density at radius 1 is 1.36 bits per heavy atom. The van der Waals surface area contributed by atoms with Crippen LogP contribution in [0.5, 0.6) is 0 Å². The van der Waals surface area contributed by atoms with Crippen LogP contribution in [-0.2, 0) is 16.9 Å². The number of hydrogen-bond acceptors (Lipinski definition) is 1. The summed E-state index contributed by atoms with van der Waals surface area (Å²) in [6.07, 6.45) is 2.11. The maximum atomic E-state index is 5.94. The molecule has 1 aliphatic rings. The summed E-state index contributed by atoms with van der Waals surface area (Å²) in [6.45, 7) is 5.15. The summed E-state index contributed by atoms with van der Waals surface area (Å²) in [5.41, 5.74) is 2.70. The molecule has 2 rings (SSSR count). The zero-order valence-electron chi connectivity index (χ0n) is 8.64. The van der Waals surface area contributed by atoms with Crippen molar-refractivity contribution in [2.45, 2.75) is 38.9 Å². The summed E-state index contributed by atoms with van der Waals surface area (Å²) >= 11 is 3.49. The van der Waals surface area contributed by atoms with Gasteiger partial charge in [-0.25, -0.2) is 0 Å². The highest BCUT2D eigenvalue weighted by molar-refractivity contribution is 9.10. The van der Waals surface area contributed by atoms with Gasteiger partial charge in [-0.15, -0.1) is 0 Å². The second kappa shape index (κ2) is 3.67. The Morgan fingerprint density at radius 3 is 2.71 bits per heavy atom. The number of fused-ring (bicyclic) bond motifs is 1. The van der Waals surface area contributed by atoms with Crippen LogP contribution >= 0.6 is 15.9 Å². The summed E-state index contributed by atoms with van der Waals surface area (Å²) < 4.78 is 7.09. The predicted molar refractivity (Wildman–Crippen MR) is 61.2 cm³/mol. The largest absolute Gasteiger partial charge is 0.366 e. The first kappa shape index (κ1) is 10.2. The maximum Gasteiger partial charge on any atom is 0.0934 e. The van der Waals surface area contributed by atoms with E-state index < -0.39 is 0 Å². The molecule has 0 unspecified atom stereocenters. The van der Waals surface area contributed by atoms with E-state index in [1.165, 1.54) is 11.1 Å². The van der Waals surface area contributed by atoms with Crippen LogP contribution in [0.4, 0.5) is 0 Å². The molecule has 0 spiro atoms. The third-order valence-electron chi connectivity index (χ3n) is 3.20. The van der Waals surface area contributed by atoms with Crippen LogP contribution in [0, 0.1) is 0 Å². The van der Waals surface area contributed by atoms with E-state index in [4.69, 9.17) is 4.74 Å². The van der Waals surface area contributed by atoms with E-state index in [9.17, 15) is 0 Å². The van der Waals surface area contributed by atoms with Crippen molar-refractivity contribution in [3.63, 3.8) is 0 Å². The summed E-state index contributed by atoms with van der Waals surface area (Å²) in [5.74, 6) is 0. The van der Waals surface area contributed by atoms with Gasteiger partial charge in [-0.3, -0.25) is 0 Å². The molecule has 1 heterocycles. The van der Waals surface area contributed by atoms with Crippen LogP contribution in [-0.4, -0.2) is 0 Å². The highest BCUT2D eigenvalue weighted by atomic mass is 79.9. The molecule has 0 fully saturated rings. The molecule has 1 aromatic carbocycles. The van der Waals surface area contributed by atoms with Gasteiger partial charge in [0.2, 0.25) is 0 Å². The second-order valence-corrected chi connectivity index (χ2v) is 4.71. The van der Waals surface area contributed by atoms with Gasteiger partial charge in [0, 0.05) is 4.47 Å². The minimum atomic E-state index is -0.0178. The molecule has 0 N–H and O–H groups in total. The van der Waals surface area contributed by atoms with E-state index in [0.717, 1.165) is 23.9 Å². The fourth-order valence-electron chi connectivity index (χ4n) is 2.25. The average Bonchev–Trinajstić information content (AvgIpc) is 2.56. The van der Waals surface area contributed by atoms with Gasteiger partial charge in [0.25, 0.3) is 0 Å². The fraction of sp³-hybridized carbons (Fsp3) is 0.500. The van der Waals surface area contributed by atoms with E-state index in [0.29, 0.717) is 0 Å². The van der Waals surface area contributed by atoms with Crippen molar-refractivity contribution in [3.8, 4) is 0 Å². The molecule has 1 nitrogen and oxygen atoms in total. The van der Waals surface area contributed by atoms with E-state index in [2.05, 4.69) is 48.0 Å². The van der Waals surface area contributed by atoms with Crippen LogP contribution in [0.25, 0.3) is 0 Å². The minimum absolute atomic E-state index is 0.0178. The first-order valence-corrected chi connectivity index (χ1v) is 5.94. The standard InChI is InChI=1S/C12H15BrO/c1-3-12(4-2)11-6-5-10(13)7-9(11)8-14-12/h5-7H,3-4,8H2,1-2H3. The van der Waals surface area contributed by atoms with Crippen LogP contribution in [0.15, 0.2) is 22.7 Å². The van der Waals surface area contributed by atoms with E-state index in [1.807, 2.05) is 0 Å². The van der Waals surface area contributed by atoms with E-state index in [-0.39, 0.29) is 5.60 Å². The SMILES string of the molecule is CCC1(CC)OCc2cc(Br)ccc21. The lowest BCUT2D eigenvalue weighted by Crippen LogP contribution is -2.22. The lowest BCUT2D eigenvalue weighted by Gasteiger charge is -2.26. The predicted octanol–water partition coefficient (Wildman–Crippen LogP) is 3.99. The summed E-state index contributed by atoms with van der Waals surface area (Å²) in [6, 6.07) is 6.47. The van der Waals surface area contributed by atoms with Crippen LogP contribution in [0.2, 0.25) is 0 Å². The van der Waals surface area contributed by atoms with Gasteiger partial charge < -0.3 is 4.74 Å². The molecule has 1 aliphatic heterocycles. The Bertz CT molecular complexity index is 342. The van der Waals surface area contributed by atoms with Crippen molar-refractivity contribution < 1.29 is 4.74 Å². The second-order valence-electron chi connectivity index (χ2n) is 3.79. The molecule has 14 heavy (non-hydrogen) atoms. The Labute approximate surface area is 93.6 Å². The zero-order chi connectivity index (χ0) is 10.2. The monoisotopic (exact) mass is 254 g/mol. The Hall–Kier alpha value is -0.340. The lowest BCUT2D eigenvalue weighted by atomic mass is 9.88. The normalized spacial score (nSPS) is 18.2. The van der Waals surface area contributed by atoms with Gasteiger partial charge in [0.05, 0.1) is 12.2 Å². The molecule has 0 saturated carbocycles. The number of benzene rings is 1. The molecule has 76 valence electrons. The Balaban J connectivity index is 2.48. The first-order valence-electron chi connectivity index (χ1n) is 5.14. The minimum Gasteiger partial charge on any atom is -0.366 e. The van der Waals surface area contributed by atoms with E-state index in [1.54, 1.807) is 0 Å². The van der Waals surface area contributed by atoms with Gasteiger partial charge in [-0.1, -0.05) is 35.8 Å². The van der Waals surface area contributed by atoms with Crippen LogP contribution < -0.4 is 0 Å². The number of ether oxygens (including phenoxy) is 1. The Kier molecular flexibility index (Phi) is 2.67. The number of rotatable bonds is 2. The molecule has 0 amide bonds. The van der Waals surface area contributed by atoms with Gasteiger partial charge in [0.1, 0.15) is 0 Å². The van der Waals surface area contributed by atoms with Crippen molar-refractivity contribution in [1.82, 2.24) is 0 Å². The highest BCUT2D eigenvalue weighted by Gasteiger charge is 2.36. The van der Waals surface area contributed by atoms with Gasteiger partial charge in [0.15, 0.2) is 0 Å². The third kappa shape index (κ3) is 1.41. The molecular weight excluding hydrogens is 240 g/mol. The van der Waals surface area contributed by atoms with Gasteiger partial charge in [-0.2, -0.15) is 0 Å². The third-order valence-corrected chi connectivity index (χ3v) is 3.70. The number of hydrogen-bond donors (Lipinski definition) is 0. The maximum absolute atomic E-state index is 5.94. The molecule has 0 saturated heterocycles. The summed E-state index contributed by atoms with van der Waals surface area (Å²) in [5, 5.41) is 0. The molecule has 1 aromatic rings. The van der Waals surface area contributed by atoms with Crippen molar-refractivity contribution in [1.29, 1.82) is 0 Å². The molecular formula is C12H15BrO. The first-order chi connectivity index (χ1) is 6.72. The lowest BCUT2D eigenvalue weighted by molar-refractivity contribution is -0.0439. The van der Waals surface area contributed by atoms with Crippen molar-refractivity contribution in [2.24, 2.45) is 0 Å². The zero-order valence-corrected chi connectivity index (χ0v) is 10.2. The van der Waals surface area contributed by atoms with Crippen LogP contribution in [0.3, 0.4) is 0 Å². The Morgan fingerprint density at radius 2 is 2.07 bits per heavy atom. The van der Waals surface area contributed by atoms with Gasteiger partial charge in [-0.05, 0) is 36.1 Å². The topological polar surface area (TPSA) is 9.23 Å². The summed E-state index contributed by atoms with van der Waals surface area (Å²) in [7, 11) is 0. The quantitative estimate of drug-likeness (QED) is 0.776. The molecule has 0 atom stereocenters. The molecule has 0 aliphatic carbocycles. The number of halogens is 1. The average molecular weight is 255 g/mol. The smallest absolute Gasteiger partial charge is 0.0934 e. The van der Waals surface area contributed by atoms with Crippen molar-refractivity contribution in [3.05, 3.63) is 33.8 Å².